The number of pyridine rings is 1. The van der Waals surface area contributed by atoms with Crippen LogP contribution in [-0.4, -0.2) is 27.1 Å². The van der Waals surface area contributed by atoms with Crippen molar-refractivity contribution in [1.82, 2.24) is 14.8 Å². The first kappa shape index (κ1) is 23.2. The van der Waals surface area contributed by atoms with Gasteiger partial charge in [0.25, 0.3) is 0 Å². The molecule has 0 atom stereocenters. The number of aryl methyl sites for hydroxylation is 2. The highest BCUT2D eigenvalue weighted by Gasteiger charge is 2.31. The second-order valence-electron chi connectivity index (χ2n) is 7.52. The number of hydrogen-bond donors (Lipinski definition) is 2. The minimum atomic E-state index is -4.73. The van der Waals surface area contributed by atoms with Crippen molar-refractivity contribution < 1.29 is 17.9 Å². The molecule has 174 valence electrons. The van der Waals surface area contributed by atoms with Gasteiger partial charge < -0.3 is 14.5 Å². The average Bonchev–Trinajstić information content (AvgIpc) is 3.19. The molecule has 0 bridgehead atoms. The Balaban J connectivity index is 1.43. The molecule has 34 heavy (non-hydrogen) atoms. The number of para-hydroxylation sites is 1. The summed E-state index contributed by atoms with van der Waals surface area (Å²) >= 11 is 5.32. The molecule has 0 aliphatic carbocycles. The van der Waals surface area contributed by atoms with Crippen molar-refractivity contribution in [2.45, 2.75) is 20.2 Å². The van der Waals surface area contributed by atoms with Crippen LogP contribution in [0.1, 0.15) is 16.7 Å². The number of rotatable bonds is 5. The topological polar surface area (TPSA) is 63.0 Å². The third-order valence-corrected chi connectivity index (χ3v) is 5.15. The highest BCUT2D eigenvalue weighted by molar-refractivity contribution is 7.80. The molecule has 0 unspecified atom stereocenters. The fraction of sp³-hybridized carbons (Fsp3) is 0.125. The second-order valence-corrected chi connectivity index (χ2v) is 7.93. The Bertz CT molecular complexity index is 1340. The van der Waals surface area contributed by atoms with Crippen molar-refractivity contribution in [1.29, 1.82) is 0 Å². The third-order valence-electron chi connectivity index (χ3n) is 4.96. The molecular formula is C24H20F3N5OS. The molecule has 0 saturated heterocycles. The van der Waals surface area contributed by atoms with Gasteiger partial charge in [0.05, 0.1) is 11.9 Å². The third kappa shape index (κ3) is 5.70. The number of nitrogens with one attached hydrogen (secondary N) is 2. The Morgan fingerprint density at radius 3 is 2.41 bits per heavy atom. The van der Waals surface area contributed by atoms with Crippen molar-refractivity contribution in [3.63, 3.8) is 0 Å². The predicted molar refractivity (Wildman–Crippen MR) is 130 cm³/mol. The van der Waals surface area contributed by atoms with E-state index in [4.69, 9.17) is 12.2 Å². The average molecular weight is 484 g/mol. The van der Waals surface area contributed by atoms with Crippen LogP contribution in [-0.2, 0) is 0 Å². The van der Waals surface area contributed by atoms with E-state index < -0.39 is 6.36 Å². The summed E-state index contributed by atoms with van der Waals surface area (Å²) in [6.07, 6.45) is 0.519. The molecule has 0 amide bonds. The monoisotopic (exact) mass is 483 g/mol. The molecule has 2 N–H and O–H groups in total. The van der Waals surface area contributed by atoms with Gasteiger partial charge in [-0.3, -0.25) is 5.43 Å². The zero-order valence-electron chi connectivity index (χ0n) is 18.2. The molecule has 0 saturated carbocycles. The van der Waals surface area contributed by atoms with Crippen LogP contribution in [0.2, 0.25) is 0 Å². The summed E-state index contributed by atoms with van der Waals surface area (Å²) < 4.78 is 42.7. The van der Waals surface area contributed by atoms with Crippen molar-refractivity contribution in [2.75, 3.05) is 5.32 Å². The van der Waals surface area contributed by atoms with Gasteiger partial charge in [-0.2, -0.15) is 5.10 Å². The lowest BCUT2D eigenvalue weighted by atomic mass is 10.1. The number of nitrogens with zero attached hydrogens (tertiary/aromatic N) is 3. The summed E-state index contributed by atoms with van der Waals surface area (Å²) in [5.41, 5.74) is 8.68. The van der Waals surface area contributed by atoms with Crippen LogP contribution < -0.4 is 15.5 Å². The predicted octanol–water partition coefficient (Wildman–Crippen LogP) is 5.84. The Labute approximate surface area is 199 Å². The lowest BCUT2D eigenvalue weighted by Crippen LogP contribution is -2.24. The zero-order chi connectivity index (χ0) is 24.3. The number of imidazole rings is 1. The van der Waals surface area contributed by atoms with Gasteiger partial charge in [-0.25, -0.2) is 4.98 Å². The van der Waals surface area contributed by atoms with Crippen LogP contribution in [0, 0.1) is 13.8 Å². The van der Waals surface area contributed by atoms with E-state index in [-0.39, 0.29) is 5.75 Å². The number of halogens is 3. The van der Waals surface area contributed by atoms with Crippen molar-refractivity contribution >= 4 is 34.9 Å². The molecule has 10 heteroatoms. The molecule has 0 aliphatic heterocycles. The van der Waals surface area contributed by atoms with Gasteiger partial charge in [-0.15, -0.1) is 13.2 Å². The van der Waals surface area contributed by atoms with E-state index >= 15 is 0 Å². The Kier molecular flexibility index (Phi) is 6.51. The number of hydrazone groups is 1. The Hall–Kier alpha value is -3.92. The maximum atomic E-state index is 12.3. The summed E-state index contributed by atoms with van der Waals surface area (Å²) in [5, 5.41) is 7.71. The highest BCUT2D eigenvalue weighted by Crippen LogP contribution is 2.26. The van der Waals surface area contributed by atoms with Gasteiger partial charge in [0.1, 0.15) is 11.4 Å². The van der Waals surface area contributed by atoms with Gasteiger partial charge >= 0.3 is 6.36 Å². The van der Waals surface area contributed by atoms with Crippen LogP contribution in [0.3, 0.4) is 0 Å². The summed E-state index contributed by atoms with van der Waals surface area (Å²) in [5.74, 6) is -0.281. The summed E-state index contributed by atoms with van der Waals surface area (Å²) in [7, 11) is 0. The summed E-state index contributed by atoms with van der Waals surface area (Å²) in [6.45, 7) is 4.00. The van der Waals surface area contributed by atoms with Crippen LogP contribution in [0.4, 0.5) is 18.9 Å². The SMILES string of the molecule is Cc1cccc(C)c1NC(=S)NN=Cc1ccc2nc(-c3ccc(OC(F)(F)F)cc3)cn2c1. The molecule has 4 aromatic rings. The second kappa shape index (κ2) is 9.52. The largest absolute Gasteiger partial charge is 0.573 e. The Morgan fingerprint density at radius 2 is 1.74 bits per heavy atom. The lowest BCUT2D eigenvalue weighted by molar-refractivity contribution is -0.274. The number of aromatic nitrogens is 2. The van der Waals surface area contributed by atoms with Crippen LogP contribution in [0.25, 0.3) is 16.9 Å². The number of anilines is 1. The van der Waals surface area contributed by atoms with Crippen LogP contribution in [0.5, 0.6) is 5.75 Å². The molecule has 6 nitrogen and oxygen atoms in total. The first-order chi connectivity index (χ1) is 16.2. The smallest absolute Gasteiger partial charge is 0.406 e. The zero-order valence-corrected chi connectivity index (χ0v) is 19.0. The van der Waals surface area contributed by atoms with Gasteiger partial charge in [-0.1, -0.05) is 18.2 Å². The number of benzene rings is 2. The quantitative estimate of drug-likeness (QED) is 0.212. The minimum Gasteiger partial charge on any atom is -0.406 e. The minimum absolute atomic E-state index is 0.281. The number of hydrogen-bond acceptors (Lipinski definition) is 4. The maximum Gasteiger partial charge on any atom is 0.573 e. The first-order valence-corrected chi connectivity index (χ1v) is 10.6. The molecular weight excluding hydrogens is 463 g/mol. The van der Waals surface area contributed by atoms with E-state index in [2.05, 4.69) is 25.6 Å². The number of fused-ring (bicyclic) bond motifs is 1. The molecule has 0 fully saturated rings. The van der Waals surface area contributed by atoms with Gasteiger partial charge in [0, 0.05) is 29.2 Å². The van der Waals surface area contributed by atoms with Crippen molar-refractivity contribution in [3.05, 3.63) is 83.7 Å². The highest BCUT2D eigenvalue weighted by atomic mass is 32.1. The van der Waals surface area contributed by atoms with Gasteiger partial charge in [0.15, 0.2) is 5.11 Å². The summed E-state index contributed by atoms with van der Waals surface area (Å²) in [4.78, 5) is 4.51. The van der Waals surface area contributed by atoms with Crippen molar-refractivity contribution in [2.24, 2.45) is 5.10 Å². The molecule has 0 aliphatic rings. The van der Waals surface area contributed by atoms with E-state index in [1.807, 2.05) is 54.8 Å². The number of ether oxygens (including phenoxy) is 1. The number of thiocarbonyl (C=S) groups is 1. The normalized spacial score (nSPS) is 11.7. The van der Waals surface area contributed by atoms with Gasteiger partial charge in [0.2, 0.25) is 0 Å². The van der Waals surface area contributed by atoms with E-state index in [0.717, 1.165) is 22.4 Å². The van der Waals surface area contributed by atoms with Gasteiger partial charge in [-0.05, 0) is 73.6 Å². The fourth-order valence-corrected chi connectivity index (χ4v) is 3.53. The van der Waals surface area contributed by atoms with Crippen molar-refractivity contribution in [3.8, 4) is 17.0 Å². The lowest BCUT2D eigenvalue weighted by Gasteiger charge is -2.12. The molecule has 2 heterocycles. The molecule has 2 aromatic carbocycles. The molecule has 4 rings (SSSR count). The molecule has 2 aromatic heterocycles. The Morgan fingerprint density at radius 1 is 1.03 bits per heavy atom. The summed E-state index contributed by atoms with van der Waals surface area (Å²) in [6, 6.07) is 15.2. The van der Waals surface area contributed by atoms with E-state index in [1.165, 1.54) is 24.3 Å². The fourth-order valence-electron chi connectivity index (χ4n) is 3.37. The van der Waals surface area contributed by atoms with E-state index in [0.29, 0.717) is 22.0 Å². The van der Waals surface area contributed by atoms with Crippen LogP contribution >= 0.6 is 12.2 Å². The number of alkyl halides is 3. The maximum absolute atomic E-state index is 12.3. The molecule has 0 radical (unpaired) electrons. The van der Waals surface area contributed by atoms with Crippen LogP contribution in [0.15, 0.2) is 72.1 Å². The van der Waals surface area contributed by atoms with E-state index in [9.17, 15) is 13.2 Å². The standard InChI is InChI=1S/C24H20F3N5OS/c1-15-4-3-5-16(2)22(15)30-23(34)31-28-12-17-6-11-21-29-20(14-32(21)13-17)18-7-9-19(10-8-18)33-24(25,26)27/h3-14H,1-2H3,(H2,30,31,34). The molecule has 0 spiro atoms. The van der Waals surface area contributed by atoms with E-state index in [1.54, 1.807) is 12.4 Å². The first-order valence-electron chi connectivity index (χ1n) is 10.2.